The van der Waals surface area contributed by atoms with Crippen molar-refractivity contribution in [2.24, 2.45) is 0 Å². The first-order chi connectivity index (χ1) is 9.44. The van der Waals surface area contributed by atoms with Crippen molar-refractivity contribution in [2.45, 2.75) is 4.90 Å². The monoisotopic (exact) mass is 296 g/mol. The van der Waals surface area contributed by atoms with Gasteiger partial charge in [0.2, 0.25) is 0 Å². The Morgan fingerprint density at radius 2 is 1.90 bits per heavy atom. The molecule has 106 valence electrons. The second-order valence-corrected chi connectivity index (χ2v) is 5.64. The predicted molar refractivity (Wildman–Crippen MR) is 74.6 cm³/mol. The fourth-order valence-corrected chi connectivity index (χ4v) is 2.79. The maximum Gasteiger partial charge on any atom is 0.264 e. The summed E-state index contributed by atoms with van der Waals surface area (Å²) < 4.78 is 44.9. The SMILES string of the molecule is COc1ccc(NS(=O)(=O)c2ccccc2F)c(N)c1. The molecule has 20 heavy (non-hydrogen) atoms. The molecule has 0 bridgehead atoms. The summed E-state index contributed by atoms with van der Waals surface area (Å²) in [6.07, 6.45) is 0. The van der Waals surface area contributed by atoms with E-state index >= 15 is 0 Å². The molecule has 0 aliphatic heterocycles. The molecular formula is C13H13FN2O3S. The van der Waals surface area contributed by atoms with Crippen molar-refractivity contribution in [1.82, 2.24) is 0 Å². The van der Waals surface area contributed by atoms with Crippen LogP contribution in [0.2, 0.25) is 0 Å². The molecule has 0 heterocycles. The molecule has 0 spiro atoms. The molecule has 0 aliphatic carbocycles. The molecule has 0 atom stereocenters. The van der Waals surface area contributed by atoms with E-state index in [1.54, 1.807) is 6.07 Å². The predicted octanol–water partition coefficient (Wildman–Crippen LogP) is 2.22. The Kier molecular flexibility index (Phi) is 3.80. The van der Waals surface area contributed by atoms with Gasteiger partial charge in [-0.25, -0.2) is 12.8 Å². The summed E-state index contributed by atoms with van der Waals surface area (Å²) in [7, 11) is -2.56. The number of nitrogens with two attached hydrogens (primary N) is 1. The fourth-order valence-electron chi connectivity index (χ4n) is 1.62. The van der Waals surface area contributed by atoms with Gasteiger partial charge in [-0.3, -0.25) is 4.72 Å². The number of rotatable bonds is 4. The van der Waals surface area contributed by atoms with Gasteiger partial charge in [0.05, 0.1) is 18.5 Å². The molecule has 0 saturated carbocycles. The lowest BCUT2D eigenvalue weighted by Crippen LogP contribution is -2.15. The lowest BCUT2D eigenvalue weighted by Gasteiger charge is -2.11. The molecule has 0 aliphatic rings. The molecule has 3 N–H and O–H groups in total. The summed E-state index contributed by atoms with van der Waals surface area (Å²) in [6.45, 7) is 0. The lowest BCUT2D eigenvalue weighted by molar-refractivity contribution is 0.415. The molecule has 0 aromatic heterocycles. The first-order valence-electron chi connectivity index (χ1n) is 5.65. The van der Waals surface area contributed by atoms with E-state index in [2.05, 4.69) is 4.72 Å². The first kappa shape index (κ1) is 14.1. The van der Waals surface area contributed by atoms with Gasteiger partial charge in [0, 0.05) is 6.07 Å². The number of anilines is 2. The third kappa shape index (κ3) is 2.83. The maximum absolute atomic E-state index is 13.5. The summed E-state index contributed by atoms with van der Waals surface area (Å²) in [4.78, 5) is -0.435. The Hall–Kier alpha value is -2.28. The Morgan fingerprint density at radius 1 is 1.20 bits per heavy atom. The molecule has 2 aromatic rings. The van der Waals surface area contributed by atoms with E-state index in [0.717, 1.165) is 6.07 Å². The number of nitrogen functional groups attached to an aromatic ring is 1. The summed E-state index contributed by atoms with van der Waals surface area (Å²) in [5.41, 5.74) is 6.07. The topological polar surface area (TPSA) is 81.4 Å². The Labute approximate surface area is 116 Å². The smallest absolute Gasteiger partial charge is 0.264 e. The zero-order valence-corrected chi connectivity index (χ0v) is 11.4. The van der Waals surface area contributed by atoms with Crippen LogP contribution in [0.4, 0.5) is 15.8 Å². The number of hydrogen-bond donors (Lipinski definition) is 2. The van der Waals surface area contributed by atoms with Gasteiger partial charge in [-0.05, 0) is 24.3 Å². The summed E-state index contributed by atoms with van der Waals surface area (Å²) in [5.74, 6) is -0.330. The normalized spacial score (nSPS) is 11.1. The molecular weight excluding hydrogens is 283 g/mol. The average molecular weight is 296 g/mol. The number of sulfonamides is 1. The van der Waals surface area contributed by atoms with Gasteiger partial charge in [0.25, 0.3) is 10.0 Å². The van der Waals surface area contributed by atoms with Crippen LogP contribution in [0.5, 0.6) is 5.75 Å². The third-order valence-electron chi connectivity index (χ3n) is 2.63. The van der Waals surface area contributed by atoms with Crippen LogP contribution in [0, 0.1) is 5.82 Å². The van der Waals surface area contributed by atoms with Crippen LogP contribution < -0.4 is 15.2 Å². The molecule has 0 saturated heterocycles. The largest absolute Gasteiger partial charge is 0.497 e. The van der Waals surface area contributed by atoms with Gasteiger partial charge < -0.3 is 10.5 Å². The highest BCUT2D eigenvalue weighted by molar-refractivity contribution is 7.92. The first-order valence-corrected chi connectivity index (χ1v) is 7.13. The molecule has 0 radical (unpaired) electrons. The molecule has 7 heteroatoms. The maximum atomic E-state index is 13.5. The summed E-state index contributed by atoms with van der Waals surface area (Å²) in [5, 5.41) is 0. The van der Waals surface area contributed by atoms with Crippen molar-refractivity contribution in [1.29, 1.82) is 0 Å². The van der Waals surface area contributed by atoms with Crippen LogP contribution in [0.1, 0.15) is 0 Å². The van der Waals surface area contributed by atoms with Crippen LogP contribution in [0.15, 0.2) is 47.4 Å². The van der Waals surface area contributed by atoms with E-state index in [1.165, 1.54) is 37.4 Å². The Morgan fingerprint density at radius 3 is 2.50 bits per heavy atom. The zero-order chi connectivity index (χ0) is 14.8. The van der Waals surface area contributed by atoms with Gasteiger partial charge in [-0.2, -0.15) is 0 Å². The second kappa shape index (κ2) is 5.38. The number of nitrogens with one attached hydrogen (secondary N) is 1. The fraction of sp³-hybridized carbons (Fsp3) is 0.0769. The lowest BCUT2D eigenvalue weighted by atomic mass is 10.2. The van der Waals surface area contributed by atoms with E-state index in [1.807, 2.05) is 0 Å². The zero-order valence-electron chi connectivity index (χ0n) is 10.6. The van der Waals surface area contributed by atoms with E-state index < -0.39 is 20.7 Å². The van der Waals surface area contributed by atoms with Crippen molar-refractivity contribution >= 4 is 21.4 Å². The molecule has 0 amide bonds. The van der Waals surface area contributed by atoms with Crippen LogP contribution in [-0.2, 0) is 10.0 Å². The van der Waals surface area contributed by atoms with Gasteiger partial charge in [0.1, 0.15) is 16.5 Å². The van der Waals surface area contributed by atoms with Gasteiger partial charge in [0.15, 0.2) is 0 Å². The number of methoxy groups -OCH3 is 1. The Balaban J connectivity index is 2.36. The average Bonchev–Trinajstić information content (AvgIpc) is 2.41. The summed E-state index contributed by atoms with van der Waals surface area (Å²) in [6, 6.07) is 9.58. The van der Waals surface area contributed by atoms with Crippen LogP contribution in [0.25, 0.3) is 0 Å². The molecule has 2 aromatic carbocycles. The van der Waals surface area contributed by atoms with Gasteiger partial charge in [-0.1, -0.05) is 12.1 Å². The number of ether oxygens (including phenoxy) is 1. The van der Waals surface area contributed by atoms with Crippen LogP contribution in [0.3, 0.4) is 0 Å². The van der Waals surface area contributed by atoms with Crippen molar-refractivity contribution < 1.29 is 17.5 Å². The molecule has 5 nitrogen and oxygen atoms in total. The molecule has 0 unspecified atom stereocenters. The minimum absolute atomic E-state index is 0.161. The quantitative estimate of drug-likeness (QED) is 0.848. The van der Waals surface area contributed by atoms with Crippen molar-refractivity contribution in [3.05, 3.63) is 48.3 Å². The van der Waals surface area contributed by atoms with Crippen LogP contribution in [-0.4, -0.2) is 15.5 Å². The number of benzene rings is 2. The molecule has 0 fully saturated rings. The minimum Gasteiger partial charge on any atom is -0.497 e. The molecule has 2 rings (SSSR count). The number of halogens is 1. The number of hydrogen-bond acceptors (Lipinski definition) is 4. The van der Waals surface area contributed by atoms with Crippen molar-refractivity contribution in [2.75, 3.05) is 17.6 Å². The van der Waals surface area contributed by atoms with Crippen LogP contribution >= 0.6 is 0 Å². The van der Waals surface area contributed by atoms with Gasteiger partial charge in [-0.15, -0.1) is 0 Å². The third-order valence-corrected chi connectivity index (χ3v) is 4.03. The second-order valence-electron chi connectivity index (χ2n) is 3.99. The van der Waals surface area contributed by atoms with E-state index in [-0.39, 0.29) is 11.4 Å². The highest BCUT2D eigenvalue weighted by Gasteiger charge is 2.19. The van der Waals surface area contributed by atoms with Crippen molar-refractivity contribution in [3.63, 3.8) is 0 Å². The highest BCUT2D eigenvalue weighted by atomic mass is 32.2. The Bertz CT molecular complexity index is 732. The van der Waals surface area contributed by atoms with E-state index in [9.17, 15) is 12.8 Å². The standard InChI is InChI=1S/C13H13FN2O3S/c1-19-9-6-7-12(11(15)8-9)16-20(17,18)13-5-3-2-4-10(13)14/h2-8,16H,15H2,1H3. The van der Waals surface area contributed by atoms with E-state index in [0.29, 0.717) is 5.75 Å². The van der Waals surface area contributed by atoms with Crippen molar-refractivity contribution in [3.8, 4) is 5.75 Å². The minimum atomic E-state index is -4.03. The van der Waals surface area contributed by atoms with E-state index in [4.69, 9.17) is 10.5 Å². The highest BCUT2D eigenvalue weighted by Crippen LogP contribution is 2.27. The summed E-state index contributed by atoms with van der Waals surface area (Å²) >= 11 is 0. The van der Waals surface area contributed by atoms with Gasteiger partial charge >= 0.3 is 0 Å².